The van der Waals surface area contributed by atoms with Crippen LogP contribution in [-0.4, -0.2) is 29.8 Å². The van der Waals surface area contributed by atoms with Gasteiger partial charge in [-0.05, 0) is 37.0 Å². The van der Waals surface area contributed by atoms with Crippen LogP contribution in [0.1, 0.15) is 30.0 Å². The van der Waals surface area contributed by atoms with E-state index in [1.54, 1.807) is 7.11 Å². The van der Waals surface area contributed by atoms with Gasteiger partial charge in [0.2, 0.25) is 5.91 Å². The number of amides is 1. The molecule has 2 rings (SSSR count). The van der Waals surface area contributed by atoms with Crippen molar-refractivity contribution in [2.75, 3.05) is 19.0 Å². The smallest absolute Gasteiger partial charge is 0.233 e. The molecule has 1 aliphatic heterocycles. The Morgan fingerprint density at radius 2 is 2.33 bits per heavy atom. The van der Waals surface area contributed by atoms with E-state index < -0.39 is 0 Å². The number of nitrogens with zero attached hydrogens (tertiary/aromatic N) is 1. The van der Waals surface area contributed by atoms with Gasteiger partial charge in [0.25, 0.3) is 0 Å². The van der Waals surface area contributed by atoms with Crippen LogP contribution in [0.25, 0.3) is 0 Å². The molecular weight excluding hydrogens is 294 g/mol. The zero-order valence-corrected chi connectivity index (χ0v) is 12.4. The van der Waals surface area contributed by atoms with Gasteiger partial charge in [-0.3, -0.25) is 4.79 Å². The number of hydrogen-bond donors (Lipinski definition) is 0. The lowest BCUT2D eigenvalue weighted by Crippen LogP contribution is -2.31. The molecule has 1 saturated heterocycles. The third-order valence-electron chi connectivity index (χ3n) is 3.59. The van der Waals surface area contributed by atoms with E-state index in [0.29, 0.717) is 5.33 Å². The van der Waals surface area contributed by atoms with Crippen LogP contribution < -0.4 is 4.74 Å². The number of alkyl halides is 1. The largest absolute Gasteiger partial charge is 0.496 e. The van der Waals surface area contributed by atoms with Gasteiger partial charge in [-0.2, -0.15) is 0 Å². The predicted octanol–water partition coefficient (Wildman–Crippen LogP) is 3.06. The zero-order chi connectivity index (χ0) is 13.1. The van der Waals surface area contributed by atoms with Gasteiger partial charge < -0.3 is 9.64 Å². The summed E-state index contributed by atoms with van der Waals surface area (Å²) >= 11 is 3.26. The van der Waals surface area contributed by atoms with E-state index in [2.05, 4.69) is 28.9 Å². The Morgan fingerprint density at radius 3 is 3.00 bits per heavy atom. The van der Waals surface area contributed by atoms with E-state index in [1.807, 2.05) is 17.0 Å². The fourth-order valence-corrected chi connectivity index (χ4v) is 3.00. The summed E-state index contributed by atoms with van der Waals surface area (Å²) < 4.78 is 5.35. The minimum Gasteiger partial charge on any atom is -0.496 e. The minimum absolute atomic E-state index is 0.166. The fraction of sp³-hybridized carbons (Fsp3) is 0.500. The lowest BCUT2D eigenvalue weighted by atomic mass is 9.98. The first-order valence-electron chi connectivity index (χ1n) is 6.18. The lowest BCUT2D eigenvalue weighted by Gasteiger charge is -2.26. The van der Waals surface area contributed by atoms with Gasteiger partial charge in [0.1, 0.15) is 5.75 Å². The van der Waals surface area contributed by atoms with Gasteiger partial charge in [0.05, 0.1) is 18.5 Å². The third kappa shape index (κ3) is 2.39. The number of ether oxygens (including phenoxy) is 1. The highest BCUT2D eigenvalue weighted by atomic mass is 79.9. The third-order valence-corrected chi connectivity index (χ3v) is 4.07. The predicted molar refractivity (Wildman–Crippen MR) is 75.2 cm³/mol. The van der Waals surface area contributed by atoms with Crippen LogP contribution in [0.2, 0.25) is 0 Å². The first-order chi connectivity index (χ1) is 8.69. The summed E-state index contributed by atoms with van der Waals surface area (Å²) in [6, 6.07) is 6.26. The number of rotatable bonds is 3. The maximum Gasteiger partial charge on any atom is 0.233 e. The van der Waals surface area contributed by atoms with Crippen molar-refractivity contribution in [3.63, 3.8) is 0 Å². The second-order valence-corrected chi connectivity index (χ2v) is 5.11. The maximum atomic E-state index is 11.9. The molecule has 1 fully saturated rings. The molecule has 1 atom stereocenters. The van der Waals surface area contributed by atoms with E-state index in [9.17, 15) is 4.79 Å². The van der Waals surface area contributed by atoms with E-state index in [-0.39, 0.29) is 11.9 Å². The Morgan fingerprint density at radius 1 is 1.56 bits per heavy atom. The van der Waals surface area contributed by atoms with E-state index in [1.165, 1.54) is 5.56 Å². The number of carbonyl (C=O) groups excluding carboxylic acids is 1. The highest BCUT2D eigenvalue weighted by molar-refractivity contribution is 9.09. The molecule has 0 saturated carbocycles. The van der Waals surface area contributed by atoms with Gasteiger partial charge in [0, 0.05) is 6.54 Å². The molecule has 1 aromatic rings. The van der Waals surface area contributed by atoms with Crippen LogP contribution in [-0.2, 0) is 4.79 Å². The normalized spacial score (nSPS) is 19.1. The molecule has 0 spiro atoms. The number of benzene rings is 1. The Bertz CT molecular complexity index is 447. The van der Waals surface area contributed by atoms with Crippen LogP contribution in [0.15, 0.2) is 18.2 Å². The average Bonchev–Trinajstić information content (AvgIpc) is 2.87. The van der Waals surface area contributed by atoms with Crippen LogP contribution >= 0.6 is 15.9 Å². The minimum atomic E-state index is 0.166. The maximum absolute atomic E-state index is 11.9. The van der Waals surface area contributed by atoms with E-state index in [4.69, 9.17) is 4.74 Å². The Kier molecular flexibility index (Phi) is 4.27. The topological polar surface area (TPSA) is 29.5 Å². The molecule has 1 aromatic carbocycles. The van der Waals surface area contributed by atoms with Crippen molar-refractivity contribution in [1.82, 2.24) is 4.90 Å². The van der Waals surface area contributed by atoms with Crippen molar-refractivity contribution < 1.29 is 9.53 Å². The summed E-state index contributed by atoms with van der Waals surface area (Å²) in [5.74, 6) is 1.06. The van der Waals surface area contributed by atoms with E-state index in [0.717, 1.165) is 30.7 Å². The first-order valence-corrected chi connectivity index (χ1v) is 7.30. The van der Waals surface area contributed by atoms with Crippen molar-refractivity contribution in [1.29, 1.82) is 0 Å². The van der Waals surface area contributed by atoms with Crippen LogP contribution in [0.3, 0.4) is 0 Å². The van der Waals surface area contributed by atoms with Crippen molar-refractivity contribution in [2.24, 2.45) is 0 Å². The van der Waals surface area contributed by atoms with Gasteiger partial charge in [-0.25, -0.2) is 0 Å². The summed E-state index contributed by atoms with van der Waals surface area (Å²) in [5, 5.41) is 0.395. The molecule has 0 N–H and O–H groups in total. The quantitative estimate of drug-likeness (QED) is 0.803. The number of hydrogen-bond acceptors (Lipinski definition) is 2. The summed E-state index contributed by atoms with van der Waals surface area (Å²) in [4.78, 5) is 13.9. The molecule has 3 nitrogen and oxygen atoms in total. The van der Waals surface area contributed by atoms with Crippen LogP contribution in [0, 0.1) is 6.92 Å². The molecule has 1 amide bonds. The molecule has 98 valence electrons. The summed E-state index contributed by atoms with van der Waals surface area (Å²) in [7, 11) is 1.68. The number of likely N-dealkylation sites (tertiary alicyclic amines) is 1. The summed E-state index contributed by atoms with van der Waals surface area (Å²) in [5.41, 5.74) is 2.35. The average molecular weight is 312 g/mol. The standard InChI is InChI=1S/C14H18BrNO2/c1-10-11(5-3-7-13(10)18-2)12-6-4-8-16(12)14(17)9-15/h3,5,7,12H,4,6,8-9H2,1-2H3/t12-/m0/s1. The zero-order valence-electron chi connectivity index (χ0n) is 10.8. The summed E-state index contributed by atoms with van der Waals surface area (Å²) in [6.07, 6.45) is 2.10. The first kappa shape index (κ1) is 13.4. The van der Waals surface area contributed by atoms with Gasteiger partial charge in [-0.15, -0.1) is 0 Å². The number of methoxy groups -OCH3 is 1. The molecule has 1 heterocycles. The highest BCUT2D eigenvalue weighted by Crippen LogP contribution is 2.36. The number of carbonyl (C=O) groups is 1. The monoisotopic (exact) mass is 311 g/mol. The molecule has 0 radical (unpaired) electrons. The van der Waals surface area contributed by atoms with Gasteiger partial charge in [-0.1, -0.05) is 28.1 Å². The number of halogens is 1. The molecule has 1 aliphatic rings. The highest BCUT2D eigenvalue weighted by Gasteiger charge is 2.30. The molecule has 0 unspecified atom stereocenters. The lowest BCUT2D eigenvalue weighted by molar-refractivity contribution is -0.129. The van der Waals surface area contributed by atoms with E-state index >= 15 is 0 Å². The van der Waals surface area contributed by atoms with Crippen LogP contribution in [0.5, 0.6) is 5.75 Å². The summed E-state index contributed by atoms with van der Waals surface area (Å²) in [6.45, 7) is 2.91. The molecular formula is C14H18BrNO2. The second-order valence-electron chi connectivity index (χ2n) is 4.55. The van der Waals surface area contributed by atoms with Crippen molar-refractivity contribution in [3.05, 3.63) is 29.3 Å². The molecule has 0 aromatic heterocycles. The van der Waals surface area contributed by atoms with Gasteiger partial charge in [0.15, 0.2) is 0 Å². The Balaban J connectivity index is 2.33. The SMILES string of the molecule is COc1cccc([C@@H]2CCCN2C(=O)CBr)c1C. The molecule has 0 aliphatic carbocycles. The Hall–Kier alpha value is -1.03. The van der Waals surface area contributed by atoms with Crippen molar-refractivity contribution >= 4 is 21.8 Å². The van der Waals surface area contributed by atoms with Gasteiger partial charge >= 0.3 is 0 Å². The Labute approximate surface area is 116 Å². The fourth-order valence-electron chi connectivity index (χ4n) is 2.68. The van der Waals surface area contributed by atoms with Crippen molar-refractivity contribution in [2.45, 2.75) is 25.8 Å². The van der Waals surface area contributed by atoms with Crippen LogP contribution in [0.4, 0.5) is 0 Å². The molecule has 18 heavy (non-hydrogen) atoms. The second kappa shape index (κ2) is 5.74. The molecule has 4 heteroatoms. The molecule has 0 bridgehead atoms. The van der Waals surface area contributed by atoms with Crippen molar-refractivity contribution in [3.8, 4) is 5.75 Å².